The molecular formula is C18H21NS. The van der Waals surface area contributed by atoms with Crippen molar-refractivity contribution in [2.45, 2.75) is 17.9 Å². The summed E-state index contributed by atoms with van der Waals surface area (Å²) in [5.41, 5.74) is 2.59. The maximum atomic E-state index is 3.27. The Labute approximate surface area is 126 Å². The fourth-order valence-electron chi connectivity index (χ4n) is 1.93. The smallest absolute Gasteiger partial charge is 0.0289 e. The quantitative estimate of drug-likeness (QED) is 0.766. The average Bonchev–Trinajstić information content (AvgIpc) is 2.52. The van der Waals surface area contributed by atoms with Crippen LogP contribution >= 0.6 is 11.8 Å². The van der Waals surface area contributed by atoms with Gasteiger partial charge in [0.1, 0.15) is 0 Å². The Hall–Kier alpha value is -1.51. The van der Waals surface area contributed by atoms with Crippen molar-refractivity contribution >= 4 is 17.8 Å². The van der Waals surface area contributed by atoms with E-state index in [0.29, 0.717) is 6.04 Å². The molecule has 2 aromatic rings. The number of hydrogen-bond donors (Lipinski definition) is 1. The molecule has 0 heterocycles. The van der Waals surface area contributed by atoms with E-state index in [4.69, 9.17) is 0 Å². The molecule has 0 radical (unpaired) electrons. The first-order valence-corrected chi connectivity index (χ1v) is 7.90. The average molecular weight is 283 g/mol. The van der Waals surface area contributed by atoms with Gasteiger partial charge in [0.25, 0.3) is 0 Å². The lowest BCUT2D eigenvalue weighted by molar-refractivity contribution is 0.651. The van der Waals surface area contributed by atoms with Crippen LogP contribution < -0.4 is 5.32 Å². The molecule has 2 heteroatoms. The van der Waals surface area contributed by atoms with Gasteiger partial charge in [-0.3, -0.25) is 0 Å². The van der Waals surface area contributed by atoms with E-state index in [1.165, 1.54) is 16.0 Å². The second-order valence-electron chi connectivity index (χ2n) is 4.71. The maximum Gasteiger partial charge on any atom is 0.0289 e. The van der Waals surface area contributed by atoms with E-state index in [-0.39, 0.29) is 0 Å². The van der Waals surface area contributed by atoms with E-state index < -0.39 is 0 Å². The van der Waals surface area contributed by atoms with Crippen LogP contribution in [0.4, 0.5) is 0 Å². The van der Waals surface area contributed by atoms with Crippen LogP contribution in [-0.4, -0.2) is 12.8 Å². The fourth-order valence-corrected chi connectivity index (χ4v) is 2.71. The molecule has 0 bridgehead atoms. The van der Waals surface area contributed by atoms with Crippen LogP contribution in [0.1, 0.15) is 24.1 Å². The maximum absolute atomic E-state index is 3.27. The topological polar surface area (TPSA) is 12.0 Å². The first-order chi connectivity index (χ1) is 9.79. The van der Waals surface area contributed by atoms with E-state index in [0.717, 1.165) is 5.75 Å². The molecule has 0 fully saturated rings. The van der Waals surface area contributed by atoms with Crippen molar-refractivity contribution in [3.8, 4) is 0 Å². The highest BCUT2D eigenvalue weighted by Crippen LogP contribution is 2.22. The van der Waals surface area contributed by atoms with E-state index in [9.17, 15) is 0 Å². The molecule has 1 nitrogen and oxygen atoms in total. The summed E-state index contributed by atoms with van der Waals surface area (Å²) in [6.07, 6.45) is 4.39. The van der Waals surface area contributed by atoms with Crippen molar-refractivity contribution in [2.24, 2.45) is 0 Å². The molecule has 20 heavy (non-hydrogen) atoms. The molecule has 0 aliphatic carbocycles. The van der Waals surface area contributed by atoms with Gasteiger partial charge in [0, 0.05) is 16.7 Å². The molecule has 0 saturated heterocycles. The second-order valence-corrected chi connectivity index (χ2v) is 5.80. The van der Waals surface area contributed by atoms with Gasteiger partial charge < -0.3 is 5.32 Å². The van der Waals surface area contributed by atoms with E-state index in [1.54, 1.807) is 0 Å². The van der Waals surface area contributed by atoms with Crippen LogP contribution in [0.2, 0.25) is 0 Å². The number of rotatable bonds is 6. The SMILES string of the molecule is CNC(C)c1cccc(SCC=Cc2ccccc2)c1. The van der Waals surface area contributed by atoms with Crippen LogP contribution in [0.5, 0.6) is 0 Å². The van der Waals surface area contributed by atoms with Gasteiger partial charge in [0.2, 0.25) is 0 Å². The molecule has 2 aromatic carbocycles. The number of benzene rings is 2. The summed E-state index contributed by atoms with van der Waals surface area (Å²) < 4.78 is 0. The normalized spacial score (nSPS) is 12.7. The third-order valence-electron chi connectivity index (χ3n) is 3.25. The van der Waals surface area contributed by atoms with Crippen molar-refractivity contribution in [2.75, 3.05) is 12.8 Å². The predicted molar refractivity (Wildman–Crippen MR) is 90.1 cm³/mol. The van der Waals surface area contributed by atoms with Crippen molar-refractivity contribution in [1.29, 1.82) is 0 Å². The van der Waals surface area contributed by atoms with Crippen LogP contribution in [-0.2, 0) is 0 Å². The highest BCUT2D eigenvalue weighted by Gasteiger charge is 2.02. The first kappa shape index (κ1) is 14.9. The van der Waals surface area contributed by atoms with Crippen molar-refractivity contribution < 1.29 is 0 Å². The van der Waals surface area contributed by atoms with Crippen LogP contribution in [0.15, 0.2) is 65.6 Å². The molecule has 1 unspecified atom stereocenters. The fraction of sp³-hybridized carbons (Fsp3) is 0.222. The van der Waals surface area contributed by atoms with Gasteiger partial charge in [-0.2, -0.15) is 0 Å². The van der Waals surface area contributed by atoms with E-state index >= 15 is 0 Å². The molecule has 2 rings (SSSR count). The molecule has 104 valence electrons. The first-order valence-electron chi connectivity index (χ1n) is 6.91. The minimum Gasteiger partial charge on any atom is -0.313 e. The highest BCUT2D eigenvalue weighted by atomic mass is 32.2. The Morgan fingerprint density at radius 1 is 1.10 bits per heavy atom. The molecule has 0 amide bonds. The van der Waals surface area contributed by atoms with Gasteiger partial charge in [-0.15, -0.1) is 11.8 Å². The lowest BCUT2D eigenvalue weighted by atomic mass is 10.1. The van der Waals surface area contributed by atoms with Gasteiger partial charge in [-0.05, 0) is 37.2 Å². The largest absolute Gasteiger partial charge is 0.313 e. The van der Waals surface area contributed by atoms with Gasteiger partial charge in [0.05, 0.1) is 0 Å². The van der Waals surface area contributed by atoms with E-state index in [2.05, 4.69) is 72.9 Å². The minimum atomic E-state index is 0.399. The summed E-state index contributed by atoms with van der Waals surface area (Å²) in [5.74, 6) is 0.992. The minimum absolute atomic E-state index is 0.399. The Morgan fingerprint density at radius 2 is 1.90 bits per heavy atom. The molecule has 0 aliphatic heterocycles. The number of hydrogen-bond acceptors (Lipinski definition) is 2. The summed E-state index contributed by atoms with van der Waals surface area (Å²) in [6, 6.07) is 19.6. The summed E-state index contributed by atoms with van der Waals surface area (Å²) in [7, 11) is 1.99. The summed E-state index contributed by atoms with van der Waals surface area (Å²) in [6.45, 7) is 2.18. The van der Waals surface area contributed by atoms with Crippen LogP contribution in [0.25, 0.3) is 6.08 Å². The van der Waals surface area contributed by atoms with Crippen molar-refractivity contribution in [1.82, 2.24) is 5.32 Å². The Bertz CT molecular complexity index is 548. The Balaban J connectivity index is 1.89. The van der Waals surface area contributed by atoms with Crippen molar-refractivity contribution in [3.05, 3.63) is 71.8 Å². The van der Waals surface area contributed by atoms with Gasteiger partial charge >= 0.3 is 0 Å². The summed E-state index contributed by atoms with van der Waals surface area (Å²) in [4.78, 5) is 1.32. The standard InChI is InChI=1S/C18H21NS/c1-15(19-2)17-11-6-12-18(14-17)20-13-7-10-16-8-4-3-5-9-16/h3-12,14-15,19H,13H2,1-2H3. The van der Waals surface area contributed by atoms with Crippen LogP contribution in [0.3, 0.4) is 0 Å². The van der Waals surface area contributed by atoms with Crippen molar-refractivity contribution in [3.63, 3.8) is 0 Å². The molecule has 0 saturated carbocycles. The summed E-state index contributed by atoms with van der Waals surface area (Å²) >= 11 is 1.87. The Kier molecular flexibility index (Phi) is 5.90. The van der Waals surface area contributed by atoms with Gasteiger partial charge in [-0.25, -0.2) is 0 Å². The lowest BCUT2D eigenvalue weighted by Gasteiger charge is -2.11. The number of thioether (sulfide) groups is 1. The molecule has 1 atom stereocenters. The zero-order valence-corrected chi connectivity index (χ0v) is 12.9. The molecule has 0 aliphatic rings. The monoisotopic (exact) mass is 283 g/mol. The highest BCUT2D eigenvalue weighted by molar-refractivity contribution is 7.99. The third-order valence-corrected chi connectivity index (χ3v) is 4.19. The number of nitrogens with one attached hydrogen (secondary N) is 1. The third kappa shape index (κ3) is 4.55. The lowest BCUT2D eigenvalue weighted by Crippen LogP contribution is -2.11. The summed E-state index contributed by atoms with van der Waals surface area (Å²) in [5, 5.41) is 3.27. The van der Waals surface area contributed by atoms with Gasteiger partial charge in [0.15, 0.2) is 0 Å². The zero-order chi connectivity index (χ0) is 14.2. The zero-order valence-electron chi connectivity index (χ0n) is 12.0. The van der Waals surface area contributed by atoms with Crippen LogP contribution in [0, 0.1) is 0 Å². The molecular weight excluding hydrogens is 262 g/mol. The molecule has 0 spiro atoms. The van der Waals surface area contributed by atoms with Gasteiger partial charge in [-0.1, -0.05) is 54.6 Å². The second kappa shape index (κ2) is 7.93. The Morgan fingerprint density at radius 3 is 2.65 bits per heavy atom. The van der Waals surface area contributed by atoms with E-state index in [1.807, 2.05) is 24.9 Å². The molecule has 0 aromatic heterocycles. The predicted octanol–water partition coefficient (Wildman–Crippen LogP) is 4.77. The molecule has 1 N–H and O–H groups in total.